The normalized spacial score (nSPS) is 9.38. The summed E-state index contributed by atoms with van der Waals surface area (Å²) in [5, 5.41) is 22.8. The molecule has 0 radical (unpaired) electrons. The molecular formula is C12H14N4. The van der Waals surface area contributed by atoms with Crippen LogP contribution in [0, 0.1) is 22.7 Å². The molecule has 0 saturated heterocycles. The zero-order chi connectivity index (χ0) is 11.6. The first-order chi connectivity index (χ1) is 7.86. The third kappa shape index (κ3) is 4.56. The number of nitriles is 2. The van der Waals surface area contributed by atoms with E-state index in [4.69, 9.17) is 10.5 Å². The highest BCUT2D eigenvalue weighted by atomic mass is 14.9. The van der Waals surface area contributed by atoms with Gasteiger partial charge < -0.3 is 10.6 Å². The van der Waals surface area contributed by atoms with Crippen molar-refractivity contribution in [3.63, 3.8) is 0 Å². The van der Waals surface area contributed by atoms with Gasteiger partial charge >= 0.3 is 0 Å². The maximum atomic E-state index is 8.39. The fourth-order valence-corrected chi connectivity index (χ4v) is 1.38. The lowest BCUT2D eigenvalue weighted by Crippen LogP contribution is -2.15. The second kappa shape index (κ2) is 7.42. The lowest BCUT2D eigenvalue weighted by molar-refractivity contribution is 0.749. The molecule has 0 saturated carbocycles. The molecule has 0 bridgehead atoms. The molecule has 0 aliphatic heterocycles. The van der Waals surface area contributed by atoms with Gasteiger partial charge in [0.25, 0.3) is 0 Å². The number of nitrogens with one attached hydrogen (secondary N) is 2. The van der Waals surface area contributed by atoms with Crippen LogP contribution in [0.5, 0.6) is 0 Å². The zero-order valence-corrected chi connectivity index (χ0v) is 9.03. The summed E-state index contributed by atoms with van der Waals surface area (Å²) >= 11 is 0. The van der Waals surface area contributed by atoms with Crippen molar-refractivity contribution in [1.82, 2.24) is 10.6 Å². The molecule has 0 aromatic heterocycles. The molecule has 4 nitrogen and oxygen atoms in total. The fourth-order valence-electron chi connectivity index (χ4n) is 1.38. The highest BCUT2D eigenvalue weighted by Gasteiger charge is 1.95. The SMILES string of the molecule is N#CCNCc1cccc(CNCC#N)c1. The van der Waals surface area contributed by atoms with E-state index in [1.807, 2.05) is 30.3 Å². The molecule has 0 aliphatic carbocycles. The molecule has 1 aromatic carbocycles. The highest BCUT2D eigenvalue weighted by molar-refractivity contribution is 5.23. The third-order valence-electron chi connectivity index (χ3n) is 2.06. The minimum absolute atomic E-state index is 0.358. The van der Waals surface area contributed by atoms with E-state index in [2.05, 4.69) is 16.7 Å². The minimum Gasteiger partial charge on any atom is -0.300 e. The number of rotatable bonds is 6. The van der Waals surface area contributed by atoms with Crippen LogP contribution < -0.4 is 10.6 Å². The Hall–Kier alpha value is -1.88. The monoisotopic (exact) mass is 214 g/mol. The Morgan fingerprint density at radius 2 is 1.44 bits per heavy atom. The van der Waals surface area contributed by atoms with Crippen molar-refractivity contribution in [2.45, 2.75) is 13.1 Å². The lowest BCUT2D eigenvalue weighted by atomic mass is 10.1. The van der Waals surface area contributed by atoms with E-state index in [0.29, 0.717) is 26.2 Å². The minimum atomic E-state index is 0.358. The largest absolute Gasteiger partial charge is 0.300 e. The van der Waals surface area contributed by atoms with Gasteiger partial charge in [-0.05, 0) is 11.1 Å². The predicted molar refractivity (Wildman–Crippen MR) is 61.1 cm³/mol. The number of nitrogens with zero attached hydrogens (tertiary/aromatic N) is 2. The van der Waals surface area contributed by atoms with E-state index in [-0.39, 0.29) is 0 Å². The molecular weight excluding hydrogens is 200 g/mol. The Bertz CT molecular complexity index is 365. The van der Waals surface area contributed by atoms with E-state index in [9.17, 15) is 0 Å². The van der Waals surface area contributed by atoms with Crippen molar-refractivity contribution in [3.05, 3.63) is 35.4 Å². The summed E-state index contributed by atoms with van der Waals surface area (Å²) in [6.45, 7) is 2.10. The van der Waals surface area contributed by atoms with Gasteiger partial charge in [-0.3, -0.25) is 0 Å². The van der Waals surface area contributed by atoms with Gasteiger partial charge in [-0.25, -0.2) is 0 Å². The van der Waals surface area contributed by atoms with E-state index >= 15 is 0 Å². The molecule has 0 spiro atoms. The lowest BCUT2D eigenvalue weighted by Gasteiger charge is -2.05. The van der Waals surface area contributed by atoms with Crippen LogP contribution >= 0.6 is 0 Å². The molecule has 4 heteroatoms. The van der Waals surface area contributed by atoms with E-state index in [0.717, 1.165) is 11.1 Å². The number of hydrogen-bond acceptors (Lipinski definition) is 4. The van der Waals surface area contributed by atoms with Gasteiger partial charge in [0.05, 0.1) is 25.2 Å². The average Bonchev–Trinajstić information content (AvgIpc) is 2.30. The van der Waals surface area contributed by atoms with E-state index < -0.39 is 0 Å². The molecule has 16 heavy (non-hydrogen) atoms. The van der Waals surface area contributed by atoms with Crippen molar-refractivity contribution in [2.24, 2.45) is 0 Å². The smallest absolute Gasteiger partial charge is 0.0843 e. The Balaban J connectivity index is 2.45. The van der Waals surface area contributed by atoms with Crippen LogP contribution in [-0.4, -0.2) is 13.1 Å². The maximum Gasteiger partial charge on any atom is 0.0843 e. The van der Waals surface area contributed by atoms with Crippen molar-refractivity contribution < 1.29 is 0 Å². The second-order valence-corrected chi connectivity index (χ2v) is 3.34. The first-order valence-electron chi connectivity index (χ1n) is 5.10. The standard InChI is InChI=1S/C12H14N4/c13-4-6-15-9-11-2-1-3-12(8-11)10-16-7-5-14/h1-3,8,15-16H,6-7,9-10H2. The van der Waals surface area contributed by atoms with Gasteiger partial charge in [0.15, 0.2) is 0 Å². The molecule has 1 aromatic rings. The van der Waals surface area contributed by atoms with Crippen LogP contribution in [0.1, 0.15) is 11.1 Å². The van der Waals surface area contributed by atoms with Gasteiger partial charge in [-0.15, -0.1) is 0 Å². The summed E-state index contributed by atoms with van der Waals surface area (Å²) < 4.78 is 0. The van der Waals surface area contributed by atoms with Crippen LogP contribution in [0.15, 0.2) is 24.3 Å². The molecule has 0 unspecified atom stereocenters. The Kier molecular flexibility index (Phi) is 5.65. The molecule has 0 atom stereocenters. The topological polar surface area (TPSA) is 71.6 Å². The van der Waals surface area contributed by atoms with Crippen LogP contribution in [0.4, 0.5) is 0 Å². The van der Waals surface area contributed by atoms with Gasteiger partial charge in [0, 0.05) is 13.1 Å². The zero-order valence-electron chi connectivity index (χ0n) is 9.03. The van der Waals surface area contributed by atoms with Gasteiger partial charge in [-0.1, -0.05) is 24.3 Å². The Morgan fingerprint density at radius 3 is 1.88 bits per heavy atom. The third-order valence-corrected chi connectivity index (χ3v) is 2.06. The van der Waals surface area contributed by atoms with Crippen molar-refractivity contribution in [1.29, 1.82) is 10.5 Å². The van der Waals surface area contributed by atoms with Crippen LogP contribution in [0.25, 0.3) is 0 Å². The molecule has 82 valence electrons. The Morgan fingerprint density at radius 1 is 0.938 bits per heavy atom. The summed E-state index contributed by atoms with van der Waals surface area (Å²) in [5.41, 5.74) is 2.29. The second-order valence-electron chi connectivity index (χ2n) is 3.34. The molecule has 2 N–H and O–H groups in total. The van der Waals surface area contributed by atoms with Crippen molar-refractivity contribution in [3.8, 4) is 12.1 Å². The average molecular weight is 214 g/mol. The summed E-state index contributed by atoms with van der Waals surface area (Å²) in [5.74, 6) is 0. The quantitative estimate of drug-likeness (QED) is 0.545. The van der Waals surface area contributed by atoms with E-state index in [1.54, 1.807) is 0 Å². The number of benzene rings is 1. The first-order valence-corrected chi connectivity index (χ1v) is 5.10. The maximum absolute atomic E-state index is 8.39. The van der Waals surface area contributed by atoms with Gasteiger partial charge in [0.2, 0.25) is 0 Å². The summed E-state index contributed by atoms with van der Waals surface area (Å²) in [6.07, 6.45) is 0. The van der Waals surface area contributed by atoms with Gasteiger partial charge in [-0.2, -0.15) is 10.5 Å². The molecule has 0 amide bonds. The predicted octanol–water partition coefficient (Wildman–Crippen LogP) is 0.913. The molecule has 1 rings (SSSR count). The summed E-state index contributed by atoms with van der Waals surface area (Å²) in [4.78, 5) is 0. The van der Waals surface area contributed by atoms with Crippen molar-refractivity contribution >= 4 is 0 Å². The Labute approximate surface area is 95.5 Å². The molecule has 0 aliphatic rings. The van der Waals surface area contributed by atoms with Crippen LogP contribution in [0.2, 0.25) is 0 Å². The van der Waals surface area contributed by atoms with Crippen molar-refractivity contribution in [2.75, 3.05) is 13.1 Å². The summed E-state index contributed by atoms with van der Waals surface area (Å²) in [7, 11) is 0. The number of hydrogen-bond donors (Lipinski definition) is 2. The molecule has 0 heterocycles. The van der Waals surface area contributed by atoms with Crippen LogP contribution in [0.3, 0.4) is 0 Å². The first kappa shape index (κ1) is 12.2. The van der Waals surface area contributed by atoms with E-state index in [1.165, 1.54) is 0 Å². The highest BCUT2D eigenvalue weighted by Crippen LogP contribution is 2.04. The molecule has 0 fully saturated rings. The van der Waals surface area contributed by atoms with Gasteiger partial charge in [0.1, 0.15) is 0 Å². The van der Waals surface area contributed by atoms with Crippen LogP contribution in [-0.2, 0) is 13.1 Å². The summed E-state index contributed by atoms with van der Waals surface area (Å²) in [6, 6.07) is 12.1. The fraction of sp³-hybridized carbons (Fsp3) is 0.333.